The van der Waals surface area contributed by atoms with Crippen LogP contribution in [0.3, 0.4) is 0 Å². The minimum Gasteiger partial charge on any atom is -0.452 e. The Morgan fingerprint density at radius 1 is 0.484 bits per heavy atom. The second kappa shape index (κ2) is 24.9. The molecule has 0 saturated carbocycles. The largest absolute Gasteiger partial charge is 0.452 e. The van der Waals surface area contributed by atoms with E-state index in [-0.39, 0.29) is 56.3 Å². The van der Waals surface area contributed by atoms with Crippen LogP contribution in [-0.4, -0.2) is 119 Å². The van der Waals surface area contributed by atoms with Crippen molar-refractivity contribution in [1.82, 2.24) is 0 Å². The van der Waals surface area contributed by atoms with Crippen LogP contribution in [0.25, 0.3) is 0 Å². The molecular formula is C50H54O14. The van der Waals surface area contributed by atoms with E-state index in [0.29, 0.717) is 0 Å². The van der Waals surface area contributed by atoms with Gasteiger partial charge in [-0.25, -0.2) is 14.4 Å². The molecule has 10 atom stereocenters. The molecular weight excluding hydrogens is 825 g/mol. The minimum atomic E-state index is -1.50. The molecule has 14 nitrogen and oxygen atoms in total. The van der Waals surface area contributed by atoms with E-state index in [1.807, 2.05) is 30.3 Å². The van der Waals surface area contributed by atoms with Crippen LogP contribution in [0.5, 0.6) is 0 Å². The number of rotatable bonds is 23. The predicted molar refractivity (Wildman–Crippen MR) is 233 cm³/mol. The van der Waals surface area contributed by atoms with Gasteiger partial charge in [0.15, 0.2) is 30.9 Å². The van der Waals surface area contributed by atoms with Crippen LogP contribution in [0.1, 0.15) is 36.6 Å². The van der Waals surface area contributed by atoms with Gasteiger partial charge in [0.2, 0.25) is 0 Å². The number of hydrogen-bond acceptors (Lipinski definition) is 14. The highest BCUT2D eigenvalue weighted by atomic mass is 16.8. The van der Waals surface area contributed by atoms with Crippen LogP contribution >= 0.6 is 0 Å². The van der Waals surface area contributed by atoms with Gasteiger partial charge in [0.25, 0.3) is 0 Å². The summed E-state index contributed by atoms with van der Waals surface area (Å²) in [6, 6.07) is 34.3. The molecule has 2 aliphatic heterocycles. The highest BCUT2D eigenvalue weighted by Crippen LogP contribution is 2.34. The van der Waals surface area contributed by atoms with Crippen molar-refractivity contribution in [3.8, 4) is 0 Å². The number of carbonyl (C=O) groups is 3. The lowest BCUT2D eigenvalue weighted by atomic mass is 9.97. The summed E-state index contributed by atoms with van der Waals surface area (Å²) in [5.41, 5.74) is 1.55. The Morgan fingerprint density at radius 2 is 0.906 bits per heavy atom. The van der Waals surface area contributed by atoms with Crippen LogP contribution in [0, 0.1) is 0 Å². The molecule has 4 aromatic rings. The fourth-order valence-electron chi connectivity index (χ4n) is 7.21. The van der Waals surface area contributed by atoms with Crippen molar-refractivity contribution in [2.24, 2.45) is 0 Å². The van der Waals surface area contributed by atoms with E-state index in [1.165, 1.54) is 7.11 Å². The lowest BCUT2D eigenvalue weighted by Crippen LogP contribution is -2.64. The van der Waals surface area contributed by atoms with Crippen LogP contribution in [-0.2, 0) is 58.7 Å². The first-order valence-corrected chi connectivity index (χ1v) is 20.9. The molecule has 0 radical (unpaired) electrons. The molecule has 64 heavy (non-hydrogen) atoms. The first-order chi connectivity index (χ1) is 31.3. The van der Waals surface area contributed by atoms with Crippen molar-refractivity contribution in [1.29, 1.82) is 0 Å². The third kappa shape index (κ3) is 12.9. The average Bonchev–Trinajstić information content (AvgIpc) is 3.34. The van der Waals surface area contributed by atoms with E-state index in [4.69, 9.17) is 52.1 Å². The van der Waals surface area contributed by atoms with E-state index in [9.17, 15) is 14.4 Å². The highest BCUT2D eigenvalue weighted by Gasteiger charge is 2.54. The Balaban J connectivity index is 1.35. The predicted octanol–water partition coefficient (Wildman–Crippen LogP) is 6.71. The smallest absolute Gasteiger partial charge is 0.338 e. The zero-order valence-electron chi connectivity index (χ0n) is 35.6. The number of esters is 3. The van der Waals surface area contributed by atoms with Crippen molar-refractivity contribution in [3.63, 3.8) is 0 Å². The Labute approximate surface area is 373 Å². The molecule has 0 N–H and O–H groups in total. The van der Waals surface area contributed by atoms with Crippen LogP contribution < -0.4 is 0 Å². The molecule has 338 valence electrons. The summed E-state index contributed by atoms with van der Waals surface area (Å²) in [5, 5.41) is 0. The Morgan fingerprint density at radius 3 is 1.41 bits per heavy atom. The maximum Gasteiger partial charge on any atom is 0.338 e. The topological polar surface area (TPSA) is 153 Å². The molecule has 6 rings (SSSR count). The Kier molecular flexibility index (Phi) is 18.5. The van der Waals surface area contributed by atoms with Gasteiger partial charge in [-0.05, 0) is 42.0 Å². The Hall–Kier alpha value is -5.81. The quantitative estimate of drug-likeness (QED) is 0.0441. The molecule has 0 bridgehead atoms. The molecule has 2 heterocycles. The Bertz CT molecular complexity index is 2070. The van der Waals surface area contributed by atoms with Gasteiger partial charge in [-0.1, -0.05) is 103 Å². The van der Waals surface area contributed by atoms with Gasteiger partial charge >= 0.3 is 17.9 Å². The van der Waals surface area contributed by atoms with Gasteiger partial charge in [0.05, 0.1) is 56.3 Å². The maximum atomic E-state index is 13.9. The number of benzene rings is 4. The molecule has 4 aromatic carbocycles. The van der Waals surface area contributed by atoms with E-state index < -0.39 is 79.3 Å². The van der Waals surface area contributed by atoms with Gasteiger partial charge < -0.3 is 52.1 Å². The molecule has 2 saturated heterocycles. The number of hydrogen-bond donors (Lipinski definition) is 0. The molecule has 0 aromatic heterocycles. The zero-order valence-corrected chi connectivity index (χ0v) is 35.6. The molecule has 14 heteroatoms. The minimum absolute atomic E-state index is 0.0632. The lowest BCUT2D eigenvalue weighted by molar-refractivity contribution is -0.337. The summed E-state index contributed by atoms with van der Waals surface area (Å²) in [7, 11) is 1.34. The van der Waals surface area contributed by atoms with Crippen molar-refractivity contribution >= 4 is 17.9 Å². The van der Waals surface area contributed by atoms with Gasteiger partial charge in [0, 0.05) is 7.11 Å². The van der Waals surface area contributed by atoms with Crippen molar-refractivity contribution in [2.75, 3.05) is 40.1 Å². The van der Waals surface area contributed by atoms with E-state index in [1.54, 1.807) is 109 Å². The molecule has 0 aliphatic carbocycles. The number of ether oxygens (including phenoxy) is 11. The number of carbonyl (C=O) groups excluding carboxylic acids is 3. The van der Waals surface area contributed by atoms with E-state index in [0.717, 1.165) is 5.56 Å². The summed E-state index contributed by atoms with van der Waals surface area (Å²) < 4.78 is 68.9. The first kappa shape index (κ1) is 47.7. The average molecular weight is 879 g/mol. The van der Waals surface area contributed by atoms with Gasteiger partial charge in [-0.3, -0.25) is 0 Å². The van der Waals surface area contributed by atoms with Crippen molar-refractivity contribution < 1.29 is 66.5 Å². The first-order valence-electron chi connectivity index (χ1n) is 20.9. The van der Waals surface area contributed by atoms with Crippen molar-refractivity contribution in [2.45, 2.75) is 68.0 Å². The third-order valence-electron chi connectivity index (χ3n) is 10.2. The fourth-order valence-corrected chi connectivity index (χ4v) is 7.21. The SMILES string of the molecule is C=CCO[C@@H]1[C@@H](OCC=C)[C@H](OC[C@H]2O[C@H](OC)[C@H](OC(=O)c3ccccc3)[C@@H](OC(=O)c3ccccc3)[C@@H]2OC(=O)c2ccccc2)O[C@H](COCc2ccccc2)[C@H]1OCC=C. The second-order valence-corrected chi connectivity index (χ2v) is 14.6. The third-order valence-corrected chi connectivity index (χ3v) is 10.2. The summed E-state index contributed by atoms with van der Waals surface area (Å²) in [4.78, 5) is 41.5. The standard InChI is InChI=1S/C50H54O14/c1-5-28-56-40-38(32-55-31-34-20-12-8-13-21-34)61-50(44(58-30-7-3)42(40)57-29-6-2)59-33-39-41(62-46(51)35-22-14-9-15-23-35)43(63-47(52)36-24-16-10-17-25-36)45(49(54-4)60-39)64-48(53)37-26-18-11-19-27-37/h5-27,38-45,49-50H,1-3,28-33H2,4H3/t38-,39-,40-,41-,42+,43+,44-,45-,49+,50-/m1/s1. The molecule has 2 fully saturated rings. The van der Waals surface area contributed by atoms with Crippen LogP contribution in [0.4, 0.5) is 0 Å². The van der Waals surface area contributed by atoms with E-state index in [2.05, 4.69) is 19.7 Å². The lowest BCUT2D eigenvalue weighted by Gasteiger charge is -2.47. The van der Waals surface area contributed by atoms with Gasteiger partial charge in [0.1, 0.15) is 30.5 Å². The maximum absolute atomic E-state index is 13.9. The summed E-state index contributed by atoms with van der Waals surface area (Å²) >= 11 is 0. The summed E-state index contributed by atoms with van der Waals surface area (Å²) in [6.45, 7) is 11.8. The zero-order chi connectivity index (χ0) is 45.1. The monoisotopic (exact) mass is 878 g/mol. The van der Waals surface area contributed by atoms with Gasteiger partial charge in [-0.15, -0.1) is 19.7 Å². The van der Waals surface area contributed by atoms with Crippen molar-refractivity contribution in [3.05, 3.63) is 182 Å². The molecule has 2 aliphatic rings. The second-order valence-electron chi connectivity index (χ2n) is 14.6. The fraction of sp³-hybridized carbons (Fsp3) is 0.340. The summed E-state index contributed by atoms with van der Waals surface area (Å²) in [6.07, 6.45) is -6.62. The summed E-state index contributed by atoms with van der Waals surface area (Å²) in [5.74, 6) is -2.33. The normalized spacial score (nSPS) is 25.3. The van der Waals surface area contributed by atoms with Crippen LogP contribution in [0.2, 0.25) is 0 Å². The molecule has 0 unspecified atom stereocenters. The van der Waals surface area contributed by atoms with Gasteiger partial charge in [-0.2, -0.15) is 0 Å². The molecule has 0 amide bonds. The highest BCUT2D eigenvalue weighted by molar-refractivity contribution is 5.91. The van der Waals surface area contributed by atoms with Crippen LogP contribution in [0.15, 0.2) is 159 Å². The molecule has 0 spiro atoms. The number of methoxy groups -OCH3 is 1. The van der Waals surface area contributed by atoms with E-state index >= 15 is 0 Å².